The Morgan fingerprint density at radius 1 is 0.372 bits per heavy atom. The number of phenols is 1. The number of nitrogens with zero attached hydrogens (tertiary/aromatic N) is 2. The first-order valence-corrected chi connectivity index (χ1v) is 14.6. The summed E-state index contributed by atoms with van der Waals surface area (Å²) in [5.74, 6) is 0.314. The largest absolute Gasteiger partial charge is 0.507 e. The summed E-state index contributed by atoms with van der Waals surface area (Å²) in [4.78, 5) is 5.07. The van der Waals surface area contributed by atoms with Gasteiger partial charge < -0.3 is 5.11 Å². The van der Waals surface area contributed by atoms with Crippen LogP contribution in [0.2, 0.25) is 0 Å². The summed E-state index contributed by atoms with van der Waals surface area (Å²) in [5.41, 5.74) is 7.29. The summed E-state index contributed by atoms with van der Waals surface area (Å²) in [5, 5.41) is 19.9. The molecule has 0 atom stereocenters. The number of phenolic OH excluding ortho intramolecular Hbond substituents is 1. The van der Waals surface area contributed by atoms with Gasteiger partial charge in [0.1, 0.15) is 16.8 Å². The minimum absolute atomic E-state index is 0.314. The molecule has 0 aliphatic heterocycles. The van der Waals surface area contributed by atoms with Gasteiger partial charge in [-0.15, -0.1) is 4.57 Å². The molecular formula is C40H25N2O+. The molecule has 0 aliphatic carbocycles. The summed E-state index contributed by atoms with van der Waals surface area (Å²) in [6, 6.07) is 50.6. The molecule has 0 amide bonds. The van der Waals surface area contributed by atoms with Crippen LogP contribution in [-0.4, -0.2) is 10.1 Å². The molecule has 3 nitrogen and oxygen atoms in total. The van der Waals surface area contributed by atoms with Crippen LogP contribution in [0.3, 0.4) is 0 Å². The molecule has 200 valence electrons. The van der Waals surface area contributed by atoms with Crippen LogP contribution in [0.5, 0.6) is 5.75 Å². The first kappa shape index (κ1) is 23.9. The zero-order valence-corrected chi connectivity index (χ0v) is 23.2. The van der Waals surface area contributed by atoms with Gasteiger partial charge in [-0.05, 0) is 45.1 Å². The normalized spacial score (nSPS) is 11.8. The highest BCUT2D eigenvalue weighted by Gasteiger charge is 2.30. The van der Waals surface area contributed by atoms with Gasteiger partial charge in [0, 0.05) is 28.5 Å². The highest BCUT2D eigenvalue weighted by molar-refractivity contribution is 6.25. The van der Waals surface area contributed by atoms with Crippen molar-refractivity contribution in [3.8, 4) is 22.6 Å². The molecule has 1 aromatic heterocycles. The molecule has 0 unspecified atom stereocenters. The fourth-order valence-electron chi connectivity index (χ4n) is 6.98. The Balaban J connectivity index is 1.64. The fraction of sp³-hybridized carbons (Fsp3) is 0. The number of fused-ring (bicyclic) bond motifs is 7. The van der Waals surface area contributed by atoms with Crippen molar-refractivity contribution < 1.29 is 9.67 Å². The van der Waals surface area contributed by atoms with E-state index in [0.29, 0.717) is 5.75 Å². The molecule has 0 spiro atoms. The zero-order valence-electron chi connectivity index (χ0n) is 23.2. The fourth-order valence-corrected chi connectivity index (χ4v) is 6.98. The number of aromatic hydroxyl groups is 1. The summed E-state index contributed by atoms with van der Waals surface area (Å²) in [6.07, 6.45) is 0. The average molecular weight is 550 g/mol. The van der Waals surface area contributed by atoms with Crippen molar-refractivity contribution in [2.75, 3.05) is 0 Å². The number of hydrogen-bond acceptors (Lipinski definition) is 2. The molecule has 3 heteroatoms. The van der Waals surface area contributed by atoms with Crippen LogP contribution in [0.4, 0.5) is 0 Å². The molecule has 1 N–H and O–H groups in total. The van der Waals surface area contributed by atoms with Crippen molar-refractivity contribution in [3.05, 3.63) is 146 Å². The third-order valence-electron chi connectivity index (χ3n) is 8.77. The second-order valence-corrected chi connectivity index (χ2v) is 11.1. The van der Waals surface area contributed by atoms with Crippen molar-refractivity contribution in [1.82, 2.24) is 4.98 Å². The second-order valence-electron chi connectivity index (χ2n) is 11.1. The summed E-state index contributed by atoms with van der Waals surface area (Å²) < 4.78 is 2.40. The number of para-hydroxylation sites is 4. The van der Waals surface area contributed by atoms with E-state index in [-0.39, 0.29) is 0 Å². The van der Waals surface area contributed by atoms with Crippen LogP contribution in [0.25, 0.3) is 82.0 Å². The molecule has 0 bridgehead atoms. The van der Waals surface area contributed by atoms with Gasteiger partial charge in [0.05, 0.1) is 10.9 Å². The van der Waals surface area contributed by atoms with Crippen LogP contribution in [0.15, 0.2) is 146 Å². The first-order chi connectivity index (χ1) is 21.3. The Bertz CT molecular complexity index is 2470. The third-order valence-corrected chi connectivity index (χ3v) is 8.77. The van der Waals surface area contributed by atoms with Gasteiger partial charge in [0.2, 0.25) is 16.7 Å². The Labute approximate surface area is 247 Å². The van der Waals surface area contributed by atoms with Crippen molar-refractivity contribution >= 4 is 65.2 Å². The van der Waals surface area contributed by atoms with Crippen LogP contribution >= 0.6 is 0 Å². The molecule has 9 rings (SSSR count). The predicted octanol–water partition coefficient (Wildman–Crippen LogP) is 9.65. The lowest BCUT2D eigenvalue weighted by atomic mass is 9.85. The Hall–Kier alpha value is -5.80. The number of aromatic nitrogens is 2. The summed E-state index contributed by atoms with van der Waals surface area (Å²) in [6.45, 7) is 0. The molecule has 43 heavy (non-hydrogen) atoms. The number of rotatable bonds is 2. The molecule has 0 saturated heterocycles. The maximum absolute atomic E-state index is 11.5. The van der Waals surface area contributed by atoms with Crippen molar-refractivity contribution in [2.45, 2.75) is 0 Å². The predicted molar refractivity (Wildman–Crippen MR) is 178 cm³/mol. The van der Waals surface area contributed by atoms with Gasteiger partial charge in [0.25, 0.3) is 0 Å². The van der Waals surface area contributed by atoms with Crippen molar-refractivity contribution in [2.24, 2.45) is 0 Å². The van der Waals surface area contributed by atoms with E-state index >= 15 is 0 Å². The lowest BCUT2D eigenvalue weighted by molar-refractivity contribution is -0.535. The number of hydrogen-bond donors (Lipinski definition) is 1. The molecule has 0 radical (unpaired) electrons. The van der Waals surface area contributed by atoms with E-state index in [1.807, 2.05) is 24.3 Å². The smallest absolute Gasteiger partial charge is 0.237 e. The lowest BCUT2D eigenvalue weighted by Gasteiger charge is -2.19. The van der Waals surface area contributed by atoms with E-state index in [0.717, 1.165) is 71.2 Å². The standard InChI is InChI=1S/C40H24N2O/c43-40-31-19-7-4-16-28(31)37(29-17-5-8-20-32(29)40)38-27-15-3-1-13-25(27)26-14-2-6-18-30(26)39(38)42-35-23-11-9-21-33(35)41-34-22-10-12-24-36(34)42/h1-24H/p+1. The topological polar surface area (TPSA) is 37.0 Å². The third kappa shape index (κ3) is 3.36. The average Bonchev–Trinajstić information content (AvgIpc) is 3.07. The van der Waals surface area contributed by atoms with E-state index in [9.17, 15) is 5.11 Å². The minimum Gasteiger partial charge on any atom is -0.507 e. The van der Waals surface area contributed by atoms with Gasteiger partial charge in [-0.1, -0.05) is 115 Å². The Kier molecular flexibility index (Phi) is 5.05. The van der Waals surface area contributed by atoms with E-state index in [4.69, 9.17) is 4.98 Å². The van der Waals surface area contributed by atoms with E-state index in [1.54, 1.807) is 0 Å². The summed E-state index contributed by atoms with van der Waals surface area (Å²) >= 11 is 0. The molecule has 0 aliphatic rings. The van der Waals surface area contributed by atoms with Crippen LogP contribution in [0, 0.1) is 0 Å². The quantitative estimate of drug-likeness (QED) is 0.132. The van der Waals surface area contributed by atoms with Crippen LogP contribution in [-0.2, 0) is 0 Å². The second kappa shape index (κ2) is 9.10. The van der Waals surface area contributed by atoms with Crippen molar-refractivity contribution in [1.29, 1.82) is 0 Å². The molecule has 0 fully saturated rings. The SMILES string of the molecule is Oc1c2ccccc2c(-c2c(-[n+]3c4ccccc4nc4ccccc43)c3ccccc3c3ccccc23)c2ccccc12. The Morgan fingerprint density at radius 3 is 1.28 bits per heavy atom. The van der Waals surface area contributed by atoms with Crippen LogP contribution in [0.1, 0.15) is 0 Å². The zero-order chi connectivity index (χ0) is 28.5. The van der Waals surface area contributed by atoms with E-state index in [2.05, 4.69) is 126 Å². The molecule has 0 saturated carbocycles. The van der Waals surface area contributed by atoms with Crippen molar-refractivity contribution in [3.63, 3.8) is 0 Å². The van der Waals surface area contributed by atoms with Gasteiger partial charge in [-0.3, -0.25) is 0 Å². The molecular weight excluding hydrogens is 524 g/mol. The molecule has 1 heterocycles. The van der Waals surface area contributed by atoms with Crippen LogP contribution < -0.4 is 4.57 Å². The lowest BCUT2D eigenvalue weighted by Crippen LogP contribution is -2.34. The highest BCUT2D eigenvalue weighted by Crippen LogP contribution is 2.48. The highest BCUT2D eigenvalue weighted by atomic mass is 16.3. The molecule has 8 aromatic carbocycles. The minimum atomic E-state index is 0.314. The Morgan fingerprint density at radius 2 is 0.744 bits per heavy atom. The molecule has 9 aromatic rings. The number of benzene rings is 8. The van der Waals surface area contributed by atoms with Gasteiger partial charge in [-0.25, -0.2) is 4.98 Å². The van der Waals surface area contributed by atoms with Gasteiger partial charge >= 0.3 is 0 Å². The van der Waals surface area contributed by atoms with E-state index in [1.165, 1.54) is 10.8 Å². The van der Waals surface area contributed by atoms with Gasteiger partial charge in [0.15, 0.2) is 0 Å². The monoisotopic (exact) mass is 549 g/mol. The maximum atomic E-state index is 11.5. The van der Waals surface area contributed by atoms with Gasteiger partial charge in [-0.2, -0.15) is 0 Å². The maximum Gasteiger partial charge on any atom is 0.237 e. The summed E-state index contributed by atoms with van der Waals surface area (Å²) in [7, 11) is 0. The van der Waals surface area contributed by atoms with E-state index < -0.39 is 0 Å². The first-order valence-electron chi connectivity index (χ1n) is 14.6.